The molecule has 0 aliphatic carbocycles. The minimum Gasteiger partial charge on any atom is -0.370 e. The minimum atomic E-state index is 0.795. The van der Waals surface area contributed by atoms with Crippen LogP contribution in [-0.2, 0) is 5.33 Å². The molecule has 0 spiro atoms. The van der Waals surface area contributed by atoms with E-state index in [1.165, 1.54) is 56.7 Å². The van der Waals surface area contributed by atoms with Gasteiger partial charge < -0.3 is 4.90 Å². The first-order chi connectivity index (χ1) is 8.86. The van der Waals surface area contributed by atoms with Crippen LogP contribution in [0.5, 0.6) is 0 Å². The quantitative estimate of drug-likeness (QED) is 0.774. The second-order valence-corrected chi connectivity index (χ2v) is 5.99. The number of anilines is 1. The van der Waals surface area contributed by atoms with Crippen LogP contribution < -0.4 is 4.90 Å². The molecule has 0 bridgehead atoms. The standard InChI is InChI=1S/C15H21BrN2/c16-11-13-4-6-14(7-5-13)18-10-2-9-17-8-1-3-15(17)12-18/h4-7,15H,1-3,8-12H2. The highest BCUT2D eigenvalue weighted by molar-refractivity contribution is 9.08. The Balaban J connectivity index is 1.74. The molecule has 2 aliphatic rings. The van der Waals surface area contributed by atoms with Gasteiger partial charge in [-0.1, -0.05) is 28.1 Å². The van der Waals surface area contributed by atoms with E-state index >= 15 is 0 Å². The van der Waals surface area contributed by atoms with Gasteiger partial charge in [0.15, 0.2) is 0 Å². The number of benzene rings is 1. The predicted octanol–water partition coefficient (Wildman–Crippen LogP) is 3.26. The third-order valence-electron chi connectivity index (χ3n) is 4.26. The van der Waals surface area contributed by atoms with Crippen molar-refractivity contribution in [3.8, 4) is 0 Å². The van der Waals surface area contributed by atoms with Gasteiger partial charge in [-0.25, -0.2) is 0 Å². The third kappa shape index (κ3) is 2.57. The summed E-state index contributed by atoms with van der Waals surface area (Å²) in [4.78, 5) is 5.26. The molecule has 1 unspecified atom stereocenters. The van der Waals surface area contributed by atoms with Crippen molar-refractivity contribution in [2.45, 2.75) is 30.6 Å². The molecule has 2 heterocycles. The monoisotopic (exact) mass is 308 g/mol. The first kappa shape index (κ1) is 12.5. The SMILES string of the molecule is BrCc1ccc(N2CCCN3CCCC3C2)cc1. The lowest BCUT2D eigenvalue weighted by atomic mass is 10.1. The van der Waals surface area contributed by atoms with Crippen LogP contribution in [0.25, 0.3) is 0 Å². The first-order valence-corrected chi connectivity index (χ1v) is 8.13. The maximum Gasteiger partial charge on any atom is 0.0366 e. The predicted molar refractivity (Wildman–Crippen MR) is 80.5 cm³/mol. The van der Waals surface area contributed by atoms with Crippen molar-refractivity contribution in [2.24, 2.45) is 0 Å². The van der Waals surface area contributed by atoms with E-state index in [0.717, 1.165) is 11.4 Å². The fourth-order valence-electron chi connectivity index (χ4n) is 3.24. The molecular weight excluding hydrogens is 288 g/mol. The topological polar surface area (TPSA) is 6.48 Å². The van der Waals surface area contributed by atoms with E-state index in [1.807, 2.05) is 0 Å². The number of fused-ring (bicyclic) bond motifs is 1. The number of rotatable bonds is 2. The smallest absolute Gasteiger partial charge is 0.0366 e. The van der Waals surface area contributed by atoms with Gasteiger partial charge in [0.2, 0.25) is 0 Å². The molecule has 0 saturated carbocycles. The summed E-state index contributed by atoms with van der Waals surface area (Å²) in [6, 6.07) is 9.83. The summed E-state index contributed by atoms with van der Waals surface area (Å²) in [7, 11) is 0. The lowest BCUT2D eigenvalue weighted by molar-refractivity contribution is 0.273. The normalized spacial score (nSPS) is 24.9. The van der Waals surface area contributed by atoms with Crippen molar-refractivity contribution in [3.05, 3.63) is 29.8 Å². The molecule has 0 N–H and O–H groups in total. The Bertz CT molecular complexity index is 390. The highest BCUT2D eigenvalue weighted by Crippen LogP contribution is 2.25. The molecule has 0 radical (unpaired) electrons. The van der Waals surface area contributed by atoms with Crippen molar-refractivity contribution in [2.75, 3.05) is 31.1 Å². The Morgan fingerprint density at radius 1 is 1.06 bits per heavy atom. The van der Waals surface area contributed by atoms with Gasteiger partial charge in [-0.3, -0.25) is 4.90 Å². The molecule has 2 aliphatic heterocycles. The van der Waals surface area contributed by atoms with Crippen LogP contribution in [0, 0.1) is 0 Å². The summed E-state index contributed by atoms with van der Waals surface area (Å²) < 4.78 is 0. The number of nitrogens with zero attached hydrogens (tertiary/aromatic N) is 2. The fraction of sp³-hybridized carbons (Fsp3) is 0.600. The summed E-state index contributed by atoms with van der Waals surface area (Å²) in [6.45, 7) is 5.04. The molecule has 18 heavy (non-hydrogen) atoms. The molecule has 2 nitrogen and oxygen atoms in total. The van der Waals surface area contributed by atoms with Crippen LogP contribution >= 0.6 is 15.9 Å². The Labute approximate surface area is 118 Å². The molecule has 3 rings (SSSR count). The zero-order chi connectivity index (χ0) is 12.4. The van der Waals surface area contributed by atoms with Crippen molar-refractivity contribution >= 4 is 21.6 Å². The molecule has 1 aromatic rings. The van der Waals surface area contributed by atoms with Gasteiger partial charge in [-0.2, -0.15) is 0 Å². The maximum absolute atomic E-state index is 3.51. The first-order valence-electron chi connectivity index (χ1n) is 7.01. The van der Waals surface area contributed by atoms with Gasteiger partial charge in [0.25, 0.3) is 0 Å². The van der Waals surface area contributed by atoms with E-state index in [1.54, 1.807) is 0 Å². The van der Waals surface area contributed by atoms with Crippen molar-refractivity contribution in [3.63, 3.8) is 0 Å². The van der Waals surface area contributed by atoms with Crippen molar-refractivity contribution < 1.29 is 0 Å². The van der Waals surface area contributed by atoms with E-state index in [2.05, 4.69) is 50.0 Å². The molecule has 3 heteroatoms. The summed E-state index contributed by atoms with van der Waals surface area (Å²) in [6.07, 6.45) is 4.08. The van der Waals surface area contributed by atoms with Crippen LogP contribution in [0.15, 0.2) is 24.3 Å². The van der Waals surface area contributed by atoms with Gasteiger partial charge in [0.05, 0.1) is 0 Å². The van der Waals surface area contributed by atoms with E-state index in [4.69, 9.17) is 0 Å². The molecular formula is C15H21BrN2. The number of halogens is 1. The van der Waals surface area contributed by atoms with Crippen LogP contribution in [0.4, 0.5) is 5.69 Å². The van der Waals surface area contributed by atoms with E-state index in [-0.39, 0.29) is 0 Å². The average molecular weight is 309 g/mol. The van der Waals surface area contributed by atoms with Crippen LogP contribution in [-0.4, -0.2) is 37.1 Å². The Kier molecular flexibility index (Phi) is 3.90. The summed E-state index contributed by atoms with van der Waals surface area (Å²) in [5.41, 5.74) is 2.75. The third-order valence-corrected chi connectivity index (χ3v) is 4.91. The van der Waals surface area contributed by atoms with Gasteiger partial charge >= 0.3 is 0 Å². The molecule has 98 valence electrons. The molecule has 0 amide bonds. The van der Waals surface area contributed by atoms with Crippen LogP contribution in [0.3, 0.4) is 0 Å². The van der Waals surface area contributed by atoms with E-state index in [0.29, 0.717) is 0 Å². The molecule has 1 aromatic carbocycles. The largest absolute Gasteiger partial charge is 0.370 e. The maximum atomic E-state index is 3.51. The summed E-state index contributed by atoms with van der Waals surface area (Å²) in [5.74, 6) is 0. The summed E-state index contributed by atoms with van der Waals surface area (Å²) >= 11 is 3.51. The molecule has 2 saturated heterocycles. The van der Waals surface area contributed by atoms with Gasteiger partial charge in [0, 0.05) is 36.7 Å². The lowest BCUT2D eigenvalue weighted by Gasteiger charge is -2.27. The highest BCUT2D eigenvalue weighted by atomic mass is 79.9. The van der Waals surface area contributed by atoms with Gasteiger partial charge in [-0.05, 0) is 43.5 Å². The number of alkyl halides is 1. The fourth-order valence-corrected chi connectivity index (χ4v) is 3.61. The Hall–Kier alpha value is -0.540. The minimum absolute atomic E-state index is 0.795. The highest BCUT2D eigenvalue weighted by Gasteiger charge is 2.28. The van der Waals surface area contributed by atoms with Gasteiger partial charge in [0.1, 0.15) is 0 Å². The zero-order valence-electron chi connectivity index (χ0n) is 10.8. The Morgan fingerprint density at radius 2 is 1.83 bits per heavy atom. The molecule has 2 fully saturated rings. The second-order valence-electron chi connectivity index (χ2n) is 5.43. The lowest BCUT2D eigenvalue weighted by Crippen LogP contribution is -2.36. The van der Waals surface area contributed by atoms with Crippen molar-refractivity contribution in [1.82, 2.24) is 4.90 Å². The molecule has 1 atom stereocenters. The molecule has 0 aromatic heterocycles. The average Bonchev–Trinajstić information content (AvgIpc) is 2.76. The summed E-state index contributed by atoms with van der Waals surface area (Å²) in [5, 5.41) is 0.948. The van der Waals surface area contributed by atoms with E-state index in [9.17, 15) is 0 Å². The second kappa shape index (κ2) is 5.62. The van der Waals surface area contributed by atoms with Gasteiger partial charge in [-0.15, -0.1) is 0 Å². The van der Waals surface area contributed by atoms with Crippen molar-refractivity contribution in [1.29, 1.82) is 0 Å². The number of hydrogen-bond donors (Lipinski definition) is 0. The Morgan fingerprint density at radius 3 is 2.61 bits per heavy atom. The van der Waals surface area contributed by atoms with Crippen LogP contribution in [0.2, 0.25) is 0 Å². The van der Waals surface area contributed by atoms with Crippen LogP contribution in [0.1, 0.15) is 24.8 Å². The van der Waals surface area contributed by atoms with E-state index < -0.39 is 0 Å². The zero-order valence-corrected chi connectivity index (χ0v) is 12.4. The number of hydrogen-bond acceptors (Lipinski definition) is 2.